The normalized spacial score (nSPS) is 30.2. The number of benzene rings is 1. The van der Waals surface area contributed by atoms with E-state index in [1.165, 1.54) is 5.56 Å². The molecule has 0 atom stereocenters. The zero-order valence-corrected chi connectivity index (χ0v) is 9.56. The Balaban J connectivity index is 2.00. The minimum absolute atomic E-state index is 0.555. The topological polar surface area (TPSA) is 38.7 Å². The van der Waals surface area contributed by atoms with E-state index < -0.39 is 5.79 Å². The monoisotopic (exact) mass is 222 g/mol. The Morgan fingerprint density at radius 2 is 1.81 bits per heavy atom. The van der Waals surface area contributed by atoms with Crippen LogP contribution >= 0.6 is 0 Å². The first-order valence-electron chi connectivity index (χ1n) is 5.72. The SMILES string of the molecule is COC1(OO)CCC(c2ccccc2)CC1. The number of hydrogen-bond acceptors (Lipinski definition) is 3. The first-order chi connectivity index (χ1) is 7.79. The molecule has 0 radical (unpaired) electrons. The fraction of sp³-hybridized carbons (Fsp3) is 0.538. The number of rotatable bonds is 3. The molecule has 1 aromatic rings. The molecule has 1 fully saturated rings. The largest absolute Gasteiger partial charge is 0.351 e. The van der Waals surface area contributed by atoms with Gasteiger partial charge in [0, 0.05) is 20.0 Å². The third-order valence-electron chi connectivity index (χ3n) is 3.56. The molecule has 0 aliphatic heterocycles. The average molecular weight is 222 g/mol. The molecule has 1 aromatic carbocycles. The highest BCUT2D eigenvalue weighted by molar-refractivity contribution is 5.20. The second-order valence-corrected chi connectivity index (χ2v) is 4.39. The van der Waals surface area contributed by atoms with Crippen LogP contribution in [-0.2, 0) is 9.62 Å². The molecule has 1 aliphatic rings. The van der Waals surface area contributed by atoms with Crippen LogP contribution in [0, 0.1) is 0 Å². The lowest BCUT2D eigenvalue weighted by Crippen LogP contribution is -2.37. The van der Waals surface area contributed by atoms with Crippen molar-refractivity contribution in [3.63, 3.8) is 0 Å². The molecule has 1 aliphatic carbocycles. The maximum absolute atomic E-state index is 8.87. The van der Waals surface area contributed by atoms with Crippen LogP contribution in [0.3, 0.4) is 0 Å². The molecule has 1 saturated carbocycles. The predicted octanol–water partition coefficient (Wildman–Crippen LogP) is 3.18. The number of ether oxygens (including phenoxy) is 1. The van der Waals surface area contributed by atoms with E-state index in [4.69, 9.17) is 9.99 Å². The van der Waals surface area contributed by atoms with Gasteiger partial charge in [-0.15, -0.1) is 0 Å². The Morgan fingerprint density at radius 3 is 2.31 bits per heavy atom. The van der Waals surface area contributed by atoms with Crippen LogP contribution in [-0.4, -0.2) is 18.2 Å². The summed E-state index contributed by atoms with van der Waals surface area (Å²) < 4.78 is 5.24. The molecule has 0 bridgehead atoms. The van der Waals surface area contributed by atoms with Crippen molar-refractivity contribution in [2.75, 3.05) is 7.11 Å². The van der Waals surface area contributed by atoms with Gasteiger partial charge in [0.2, 0.25) is 5.79 Å². The van der Waals surface area contributed by atoms with Crippen LogP contribution < -0.4 is 0 Å². The van der Waals surface area contributed by atoms with Gasteiger partial charge in [-0.3, -0.25) is 0 Å². The molecule has 3 heteroatoms. The third kappa shape index (κ3) is 2.26. The summed E-state index contributed by atoms with van der Waals surface area (Å²) in [6.07, 6.45) is 3.44. The van der Waals surface area contributed by atoms with Crippen molar-refractivity contribution < 1.29 is 14.9 Å². The van der Waals surface area contributed by atoms with Gasteiger partial charge < -0.3 is 4.74 Å². The van der Waals surface area contributed by atoms with Gasteiger partial charge in [-0.1, -0.05) is 30.3 Å². The number of methoxy groups -OCH3 is 1. The molecule has 0 spiro atoms. The van der Waals surface area contributed by atoms with Crippen LogP contribution in [0.1, 0.15) is 37.2 Å². The first-order valence-corrected chi connectivity index (χ1v) is 5.72. The fourth-order valence-corrected chi connectivity index (χ4v) is 2.45. The van der Waals surface area contributed by atoms with Crippen molar-refractivity contribution in [1.29, 1.82) is 0 Å². The average Bonchev–Trinajstić information content (AvgIpc) is 2.40. The maximum atomic E-state index is 8.87. The van der Waals surface area contributed by atoms with Gasteiger partial charge in [0.1, 0.15) is 0 Å². The van der Waals surface area contributed by atoms with Crippen LogP contribution in [0.4, 0.5) is 0 Å². The molecule has 3 nitrogen and oxygen atoms in total. The van der Waals surface area contributed by atoms with Crippen molar-refractivity contribution >= 4 is 0 Å². The summed E-state index contributed by atoms with van der Waals surface area (Å²) in [5, 5.41) is 8.87. The van der Waals surface area contributed by atoms with Gasteiger partial charge in [0.05, 0.1) is 0 Å². The maximum Gasteiger partial charge on any atom is 0.201 e. The zero-order chi connectivity index (χ0) is 11.4. The summed E-state index contributed by atoms with van der Waals surface area (Å²) >= 11 is 0. The summed E-state index contributed by atoms with van der Waals surface area (Å²) in [7, 11) is 1.58. The standard InChI is InChI=1S/C13H18O3/c1-15-13(16-14)9-7-12(8-10-13)11-5-3-2-4-6-11/h2-6,12,14H,7-10H2,1H3. The Hall–Kier alpha value is -0.900. The lowest BCUT2D eigenvalue weighted by Gasteiger charge is -2.36. The van der Waals surface area contributed by atoms with E-state index in [9.17, 15) is 0 Å². The molecule has 0 amide bonds. The Morgan fingerprint density at radius 1 is 1.19 bits per heavy atom. The first kappa shape index (κ1) is 11.6. The van der Waals surface area contributed by atoms with Crippen LogP contribution in [0.5, 0.6) is 0 Å². The zero-order valence-electron chi connectivity index (χ0n) is 9.56. The van der Waals surface area contributed by atoms with Crippen molar-refractivity contribution in [2.24, 2.45) is 0 Å². The minimum atomic E-state index is -0.773. The molecule has 0 unspecified atom stereocenters. The van der Waals surface area contributed by atoms with E-state index >= 15 is 0 Å². The summed E-state index contributed by atoms with van der Waals surface area (Å²) in [4.78, 5) is 4.49. The second-order valence-electron chi connectivity index (χ2n) is 4.39. The molecule has 0 heterocycles. The predicted molar refractivity (Wildman–Crippen MR) is 61.1 cm³/mol. The highest BCUT2D eigenvalue weighted by Crippen LogP contribution is 2.39. The molecular weight excluding hydrogens is 204 g/mol. The Labute approximate surface area is 95.9 Å². The van der Waals surface area contributed by atoms with Gasteiger partial charge >= 0.3 is 0 Å². The van der Waals surface area contributed by atoms with Crippen molar-refractivity contribution in [1.82, 2.24) is 0 Å². The Kier molecular flexibility index (Phi) is 3.59. The van der Waals surface area contributed by atoms with Gasteiger partial charge in [0.15, 0.2) is 0 Å². The smallest absolute Gasteiger partial charge is 0.201 e. The summed E-state index contributed by atoms with van der Waals surface area (Å²) in [5.74, 6) is -0.217. The van der Waals surface area contributed by atoms with Crippen molar-refractivity contribution in [3.05, 3.63) is 35.9 Å². The highest BCUT2D eigenvalue weighted by atomic mass is 17.1. The van der Waals surface area contributed by atoms with Gasteiger partial charge in [0.25, 0.3) is 0 Å². The van der Waals surface area contributed by atoms with Crippen molar-refractivity contribution in [3.8, 4) is 0 Å². The minimum Gasteiger partial charge on any atom is -0.351 e. The van der Waals surface area contributed by atoms with Crippen LogP contribution in [0.2, 0.25) is 0 Å². The lowest BCUT2D eigenvalue weighted by atomic mass is 9.81. The summed E-state index contributed by atoms with van der Waals surface area (Å²) in [6, 6.07) is 10.5. The third-order valence-corrected chi connectivity index (χ3v) is 3.56. The number of hydrogen-bond donors (Lipinski definition) is 1. The molecule has 0 aromatic heterocycles. The van der Waals surface area contributed by atoms with E-state index in [-0.39, 0.29) is 0 Å². The Bertz CT molecular complexity index is 309. The quantitative estimate of drug-likeness (QED) is 0.485. The highest BCUT2D eigenvalue weighted by Gasteiger charge is 2.37. The fourth-order valence-electron chi connectivity index (χ4n) is 2.45. The van der Waals surface area contributed by atoms with Gasteiger partial charge in [-0.25, -0.2) is 10.1 Å². The van der Waals surface area contributed by atoms with E-state index in [0.29, 0.717) is 5.92 Å². The molecule has 1 N–H and O–H groups in total. The molecular formula is C13H18O3. The van der Waals surface area contributed by atoms with Crippen LogP contribution in [0.25, 0.3) is 0 Å². The molecule has 88 valence electrons. The second kappa shape index (κ2) is 4.95. The molecule has 0 saturated heterocycles. The van der Waals surface area contributed by atoms with E-state index in [2.05, 4.69) is 29.2 Å². The van der Waals surface area contributed by atoms with E-state index in [1.54, 1.807) is 7.11 Å². The van der Waals surface area contributed by atoms with E-state index in [1.807, 2.05) is 6.07 Å². The van der Waals surface area contributed by atoms with Crippen LogP contribution in [0.15, 0.2) is 30.3 Å². The molecule has 16 heavy (non-hydrogen) atoms. The lowest BCUT2D eigenvalue weighted by molar-refractivity contribution is -0.406. The molecule has 2 rings (SSSR count). The van der Waals surface area contributed by atoms with Gasteiger partial charge in [-0.2, -0.15) is 0 Å². The van der Waals surface area contributed by atoms with Crippen molar-refractivity contribution in [2.45, 2.75) is 37.4 Å². The summed E-state index contributed by atoms with van der Waals surface area (Å²) in [6.45, 7) is 0. The summed E-state index contributed by atoms with van der Waals surface area (Å²) in [5.41, 5.74) is 1.37. The van der Waals surface area contributed by atoms with Gasteiger partial charge in [-0.05, 0) is 24.3 Å². The van der Waals surface area contributed by atoms with E-state index in [0.717, 1.165) is 25.7 Å².